The molecule has 2 aromatic rings. The Balaban J connectivity index is 2.18. The number of pyridine rings is 1. The van der Waals surface area contributed by atoms with Crippen LogP contribution in [-0.4, -0.2) is 4.98 Å². The molecule has 0 saturated heterocycles. The summed E-state index contributed by atoms with van der Waals surface area (Å²) in [6.07, 6.45) is 0. The third-order valence-corrected chi connectivity index (χ3v) is 2.19. The average Bonchev–Trinajstić information content (AvgIpc) is 2.22. The van der Waals surface area contributed by atoms with Crippen molar-refractivity contribution in [2.75, 3.05) is 0 Å². The summed E-state index contributed by atoms with van der Waals surface area (Å²) in [5.74, 6) is 1.14. The molecule has 0 N–H and O–H groups in total. The Kier molecular flexibility index (Phi) is 3.09. The number of hydrogen-bond donors (Lipinski definition) is 0. The Morgan fingerprint density at radius 1 is 0.933 bits per heavy atom. The lowest BCUT2D eigenvalue weighted by Gasteiger charge is -2.04. The summed E-state index contributed by atoms with van der Waals surface area (Å²) >= 11 is 11.5. The molecule has 2 rings (SSSR count). The first kappa shape index (κ1) is 10.3. The molecule has 4 heteroatoms. The second-order valence-corrected chi connectivity index (χ2v) is 3.68. The smallest absolute Gasteiger partial charge is 0.220 e. The second-order valence-electron chi connectivity index (χ2n) is 2.85. The predicted molar refractivity (Wildman–Crippen MR) is 60.8 cm³/mol. The van der Waals surface area contributed by atoms with E-state index in [-0.39, 0.29) is 0 Å². The van der Waals surface area contributed by atoms with Crippen LogP contribution in [0, 0.1) is 0 Å². The molecule has 0 atom stereocenters. The van der Waals surface area contributed by atoms with Gasteiger partial charge in [0.2, 0.25) is 5.88 Å². The maximum absolute atomic E-state index is 5.75. The van der Waals surface area contributed by atoms with Gasteiger partial charge in [-0.15, -0.1) is 0 Å². The first-order valence-corrected chi connectivity index (χ1v) is 5.05. The number of hydrogen-bond acceptors (Lipinski definition) is 2. The zero-order valence-electron chi connectivity index (χ0n) is 7.65. The van der Waals surface area contributed by atoms with E-state index in [4.69, 9.17) is 27.9 Å². The van der Waals surface area contributed by atoms with Crippen molar-refractivity contribution in [1.82, 2.24) is 4.98 Å². The van der Waals surface area contributed by atoms with E-state index < -0.39 is 0 Å². The standard InChI is InChI=1S/C11H7Cl2NO/c12-8-4-6-9(7-5-8)15-11-3-1-2-10(13)14-11/h1-7H. The van der Waals surface area contributed by atoms with Gasteiger partial charge in [-0.3, -0.25) is 0 Å². The molecule has 1 heterocycles. The summed E-state index contributed by atoms with van der Waals surface area (Å²) < 4.78 is 5.46. The van der Waals surface area contributed by atoms with Crippen molar-refractivity contribution in [2.24, 2.45) is 0 Å². The van der Waals surface area contributed by atoms with Gasteiger partial charge in [0, 0.05) is 11.1 Å². The zero-order valence-corrected chi connectivity index (χ0v) is 9.16. The third kappa shape index (κ3) is 2.85. The molecule has 2 nitrogen and oxygen atoms in total. The van der Waals surface area contributed by atoms with Gasteiger partial charge in [-0.05, 0) is 30.3 Å². The molecule has 1 aromatic carbocycles. The number of rotatable bonds is 2. The monoisotopic (exact) mass is 239 g/mol. The highest BCUT2D eigenvalue weighted by molar-refractivity contribution is 6.30. The Morgan fingerprint density at radius 3 is 2.33 bits per heavy atom. The van der Waals surface area contributed by atoms with Crippen LogP contribution in [0.15, 0.2) is 42.5 Å². The minimum absolute atomic E-state index is 0.404. The molecule has 0 aliphatic heterocycles. The van der Waals surface area contributed by atoms with Crippen molar-refractivity contribution in [2.45, 2.75) is 0 Å². The van der Waals surface area contributed by atoms with E-state index in [0.29, 0.717) is 21.8 Å². The molecule has 0 saturated carbocycles. The van der Waals surface area contributed by atoms with Crippen molar-refractivity contribution in [3.63, 3.8) is 0 Å². The van der Waals surface area contributed by atoms with Gasteiger partial charge < -0.3 is 4.74 Å². The van der Waals surface area contributed by atoms with Crippen molar-refractivity contribution in [3.8, 4) is 11.6 Å². The van der Waals surface area contributed by atoms with Gasteiger partial charge in [0.1, 0.15) is 10.9 Å². The fourth-order valence-corrected chi connectivity index (χ4v) is 1.35. The SMILES string of the molecule is Clc1ccc(Oc2cccc(Cl)n2)cc1. The van der Waals surface area contributed by atoms with Crippen molar-refractivity contribution < 1.29 is 4.74 Å². The summed E-state index contributed by atoms with van der Waals surface area (Å²) in [7, 11) is 0. The summed E-state index contributed by atoms with van der Waals surface area (Å²) in [6.45, 7) is 0. The number of nitrogens with zero attached hydrogens (tertiary/aromatic N) is 1. The van der Waals surface area contributed by atoms with E-state index in [9.17, 15) is 0 Å². The van der Waals surface area contributed by atoms with Gasteiger partial charge in [-0.2, -0.15) is 0 Å². The fraction of sp³-hybridized carbons (Fsp3) is 0. The topological polar surface area (TPSA) is 22.1 Å². The van der Waals surface area contributed by atoms with Gasteiger partial charge in [-0.25, -0.2) is 4.98 Å². The Morgan fingerprint density at radius 2 is 1.67 bits per heavy atom. The zero-order chi connectivity index (χ0) is 10.7. The maximum atomic E-state index is 5.75. The van der Waals surface area contributed by atoms with Crippen LogP contribution in [0.3, 0.4) is 0 Å². The van der Waals surface area contributed by atoms with E-state index in [1.165, 1.54) is 0 Å². The minimum Gasteiger partial charge on any atom is -0.439 e. The molecule has 76 valence electrons. The Labute approximate surface area is 97.4 Å². The maximum Gasteiger partial charge on any atom is 0.220 e. The first-order valence-electron chi connectivity index (χ1n) is 4.30. The lowest BCUT2D eigenvalue weighted by molar-refractivity contribution is 0.463. The number of halogens is 2. The quantitative estimate of drug-likeness (QED) is 0.734. The molecule has 0 aliphatic carbocycles. The minimum atomic E-state index is 0.404. The highest BCUT2D eigenvalue weighted by Crippen LogP contribution is 2.22. The highest BCUT2D eigenvalue weighted by Gasteiger charge is 1.98. The summed E-state index contributed by atoms with van der Waals surface area (Å²) in [4.78, 5) is 4.00. The van der Waals surface area contributed by atoms with Crippen molar-refractivity contribution >= 4 is 23.2 Å². The van der Waals surface area contributed by atoms with E-state index in [2.05, 4.69) is 4.98 Å². The molecular formula is C11H7Cl2NO. The van der Waals surface area contributed by atoms with Crippen molar-refractivity contribution in [3.05, 3.63) is 52.6 Å². The van der Waals surface area contributed by atoms with Crippen LogP contribution < -0.4 is 4.74 Å². The second kappa shape index (κ2) is 4.51. The molecule has 0 unspecified atom stereocenters. The van der Waals surface area contributed by atoms with Crippen molar-refractivity contribution in [1.29, 1.82) is 0 Å². The normalized spacial score (nSPS) is 10.0. The van der Waals surface area contributed by atoms with Crippen LogP contribution in [-0.2, 0) is 0 Å². The molecule has 0 aliphatic rings. The van der Waals surface area contributed by atoms with Gasteiger partial charge in [-0.1, -0.05) is 29.3 Å². The number of benzene rings is 1. The lowest BCUT2D eigenvalue weighted by atomic mass is 10.3. The van der Waals surface area contributed by atoms with Crippen LogP contribution in [0.5, 0.6) is 11.6 Å². The van der Waals surface area contributed by atoms with E-state index in [1.807, 2.05) is 0 Å². The number of ether oxygens (including phenoxy) is 1. The van der Waals surface area contributed by atoms with Gasteiger partial charge in [0.25, 0.3) is 0 Å². The van der Waals surface area contributed by atoms with Crippen LogP contribution in [0.2, 0.25) is 10.2 Å². The van der Waals surface area contributed by atoms with Gasteiger partial charge in [0.05, 0.1) is 0 Å². The Hall–Kier alpha value is -1.25. The van der Waals surface area contributed by atoms with E-state index >= 15 is 0 Å². The van der Waals surface area contributed by atoms with Crippen LogP contribution >= 0.6 is 23.2 Å². The highest BCUT2D eigenvalue weighted by atomic mass is 35.5. The van der Waals surface area contributed by atoms with Gasteiger partial charge >= 0.3 is 0 Å². The lowest BCUT2D eigenvalue weighted by Crippen LogP contribution is -1.86. The van der Waals surface area contributed by atoms with Crippen LogP contribution in [0.4, 0.5) is 0 Å². The first-order chi connectivity index (χ1) is 7.24. The average molecular weight is 240 g/mol. The Bertz CT molecular complexity index is 456. The predicted octanol–water partition coefficient (Wildman–Crippen LogP) is 4.18. The van der Waals surface area contributed by atoms with Crippen LogP contribution in [0.1, 0.15) is 0 Å². The fourth-order valence-electron chi connectivity index (χ4n) is 1.07. The molecule has 0 radical (unpaired) electrons. The summed E-state index contributed by atoms with van der Waals surface area (Å²) in [5.41, 5.74) is 0. The summed E-state index contributed by atoms with van der Waals surface area (Å²) in [5, 5.41) is 1.07. The third-order valence-electron chi connectivity index (χ3n) is 1.73. The molecule has 0 bridgehead atoms. The molecule has 0 spiro atoms. The number of aromatic nitrogens is 1. The molecule has 0 amide bonds. The molecule has 0 fully saturated rings. The van der Waals surface area contributed by atoms with E-state index in [0.717, 1.165) is 0 Å². The van der Waals surface area contributed by atoms with Gasteiger partial charge in [0.15, 0.2) is 0 Å². The van der Waals surface area contributed by atoms with Crippen LogP contribution in [0.25, 0.3) is 0 Å². The largest absolute Gasteiger partial charge is 0.439 e. The molecular weight excluding hydrogens is 233 g/mol. The molecule has 1 aromatic heterocycles. The molecule has 15 heavy (non-hydrogen) atoms. The summed E-state index contributed by atoms with van der Waals surface area (Å²) in [6, 6.07) is 12.2. The van der Waals surface area contributed by atoms with E-state index in [1.54, 1.807) is 42.5 Å².